The number of carbonyl (C=O) groups is 2. The van der Waals surface area contributed by atoms with Crippen LogP contribution in [0.15, 0.2) is 66.7 Å². The first-order valence-corrected chi connectivity index (χ1v) is 12.7. The average Bonchev–Trinajstić information content (AvgIpc) is 2.86. The van der Waals surface area contributed by atoms with Gasteiger partial charge in [-0.3, -0.25) is 14.6 Å². The van der Waals surface area contributed by atoms with Gasteiger partial charge in [0.15, 0.2) is 0 Å². The molecule has 204 valence electrons. The Morgan fingerprint density at radius 3 is 2.44 bits per heavy atom. The Morgan fingerprint density at radius 2 is 1.79 bits per heavy atom. The summed E-state index contributed by atoms with van der Waals surface area (Å²) in [4.78, 5) is 29.9. The first-order valence-electron chi connectivity index (χ1n) is 12.3. The number of hydrogen-bond acceptors (Lipinski definition) is 6. The van der Waals surface area contributed by atoms with Crippen LogP contribution in [0, 0.1) is 0 Å². The molecule has 39 heavy (non-hydrogen) atoms. The maximum absolute atomic E-state index is 13.9. The van der Waals surface area contributed by atoms with E-state index in [0.29, 0.717) is 40.6 Å². The van der Waals surface area contributed by atoms with Gasteiger partial charge in [-0.25, -0.2) is 4.79 Å². The van der Waals surface area contributed by atoms with E-state index in [9.17, 15) is 22.8 Å². The lowest BCUT2D eigenvalue weighted by molar-refractivity contribution is -0.274. The summed E-state index contributed by atoms with van der Waals surface area (Å²) in [5, 5.41) is 4.07. The van der Waals surface area contributed by atoms with Gasteiger partial charge in [-0.05, 0) is 67.9 Å². The number of alkyl halides is 3. The highest BCUT2D eigenvalue weighted by atomic mass is 35.5. The Balaban J connectivity index is 1.50. The normalized spacial score (nSPS) is 17.2. The van der Waals surface area contributed by atoms with E-state index in [1.54, 1.807) is 24.0 Å². The topological polar surface area (TPSA) is 71.1 Å². The third-order valence-corrected chi connectivity index (χ3v) is 7.26. The molecule has 1 saturated heterocycles. The molecule has 2 aliphatic heterocycles. The maximum atomic E-state index is 13.9. The summed E-state index contributed by atoms with van der Waals surface area (Å²) in [6, 6.07) is 17.3. The smallest absolute Gasteiger partial charge is 0.462 e. The molecular formula is C28H25ClF3N3O4. The number of nitrogens with one attached hydrogen (secondary N) is 1. The minimum atomic E-state index is -4.83. The number of carbonyl (C=O) groups excluding carboxylic acids is 2. The van der Waals surface area contributed by atoms with E-state index in [0.717, 1.165) is 5.56 Å². The second-order valence-corrected chi connectivity index (χ2v) is 9.83. The molecule has 3 aromatic rings. The van der Waals surface area contributed by atoms with Gasteiger partial charge in [0, 0.05) is 35.5 Å². The molecule has 7 nitrogen and oxygen atoms in total. The quantitative estimate of drug-likeness (QED) is 0.359. The zero-order valence-electron chi connectivity index (χ0n) is 21.1. The molecule has 0 radical (unpaired) electrons. The fourth-order valence-electron chi connectivity index (χ4n) is 5.09. The molecule has 5 rings (SSSR count). The van der Waals surface area contributed by atoms with E-state index in [1.807, 2.05) is 31.2 Å². The summed E-state index contributed by atoms with van der Waals surface area (Å²) in [6.07, 6.45) is -4.83. The van der Waals surface area contributed by atoms with Crippen LogP contribution in [0.2, 0.25) is 5.02 Å². The van der Waals surface area contributed by atoms with Gasteiger partial charge in [0.2, 0.25) is 0 Å². The number of rotatable bonds is 6. The zero-order chi connectivity index (χ0) is 27.9. The number of amides is 1. The van der Waals surface area contributed by atoms with Gasteiger partial charge < -0.3 is 14.8 Å². The summed E-state index contributed by atoms with van der Waals surface area (Å²) < 4.78 is 47.2. The largest absolute Gasteiger partial charge is 0.573 e. The summed E-state index contributed by atoms with van der Waals surface area (Å²) in [6.45, 7) is 4.70. The van der Waals surface area contributed by atoms with Crippen molar-refractivity contribution in [2.75, 3.05) is 29.9 Å². The number of nitrogens with zero attached hydrogens (tertiary/aromatic N) is 2. The Bertz CT molecular complexity index is 1410. The molecule has 2 heterocycles. The second kappa shape index (κ2) is 10.1. The molecule has 1 N–H and O–H groups in total. The van der Waals surface area contributed by atoms with Crippen LogP contribution in [0.3, 0.4) is 0 Å². The maximum Gasteiger partial charge on any atom is 0.573 e. The predicted octanol–water partition coefficient (Wildman–Crippen LogP) is 6.26. The first-order chi connectivity index (χ1) is 18.5. The van der Waals surface area contributed by atoms with Crippen LogP contribution >= 0.6 is 11.6 Å². The highest BCUT2D eigenvalue weighted by Crippen LogP contribution is 2.44. The summed E-state index contributed by atoms with van der Waals surface area (Å²) in [7, 11) is 0. The number of fused-ring (bicyclic) bond motifs is 1. The SMILES string of the molecule is CCOC(=O)c1ccc2c(c1)NC1(CN(C(C)c3ccccc3Cl)C1)N(c1ccc(OC(F)(F)F)cc1)C2=O. The molecule has 0 bridgehead atoms. The molecular weight excluding hydrogens is 535 g/mol. The monoisotopic (exact) mass is 559 g/mol. The molecule has 2 aliphatic rings. The third kappa shape index (κ3) is 5.14. The highest BCUT2D eigenvalue weighted by molar-refractivity contribution is 6.31. The van der Waals surface area contributed by atoms with Crippen molar-refractivity contribution in [1.29, 1.82) is 0 Å². The number of likely N-dealkylation sites (tertiary alicyclic amines) is 1. The molecule has 0 saturated carbocycles. The van der Waals surface area contributed by atoms with E-state index in [2.05, 4.69) is 15.0 Å². The van der Waals surface area contributed by atoms with Crippen molar-refractivity contribution in [2.45, 2.75) is 31.9 Å². The van der Waals surface area contributed by atoms with Crippen molar-refractivity contribution >= 4 is 34.9 Å². The summed E-state index contributed by atoms with van der Waals surface area (Å²) in [5.74, 6) is -1.25. The lowest BCUT2D eigenvalue weighted by Crippen LogP contribution is -2.77. The number of ether oxygens (including phenoxy) is 2. The minimum Gasteiger partial charge on any atom is -0.462 e. The van der Waals surface area contributed by atoms with E-state index in [-0.39, 0.29) is 24.3 Å². The Labute approximate surface area is 228 Å². The van der Waals surface area contributed by atoms with Crippen LogP contribution in [0.1, 0.15) is 46.2 Å². The van der Waals surface area contributed by atoms with Crippen LogP contribution < -0.4 is 15.0 Å². The number of benzene rings is 3. The lowest BCUT2D eigenvalue weighted by Gasteiger charge is -2.59. The van der Waals surface area contributed by atoms with Gasteiger partial charge in [0.1, 0.15) is 11.4 Å². The molecule has 11 heteroatoms. The molecule has 1 amide bonds. The van der Waals surface area contributed by atoms with Crippen LogP contribution in [0.4, 0.5) is 24.5 Å². The molecule has 1 unspecified atom stereocenters. The van der Waals surface area contributed by atoms with Crippen LogP contribution in [0.25, 0.3) is 0 Å². The zero-order valence-corrected chi connectivity index (χ0v) is 21.8. The van der Waals surface area contributed by atoms with E-state index >= 15 is 0 Å². The summed E-state index contributed by atoms with van der Waals surface area (Å²) in [5.41, 5.74) is 1.49. The van der Waals surface area contributed by atoms with Gasteiger partial charge in [-0.1, -0.05) is 29.8 Å². The van der Waals surface area contributed by atoms with Crippen LogP contribution in [0.5, 0.6) is 5.75 Å². The Morgan fingerprint density at radius 1 is 1.10 bits per heavy atom. The van der Waals surface area contributed by atoms with Gasteiger partial charge in [-0.15, -0.1) is 13.2 Å². The number of halogens is 4. The average molecular weight is 560 g/mol. The minimum absolute atomic E-state index is 0.0714. The van der Waals surface area contributed by atoms with Crippen molar-refractivity contribution in [3.05, 3.63) is 88.4 Å². The Kier molecular flexibility index (Phi) is 6.94. The van der Waals surface area contributed by atoms with Gasteiger partial charge in [-0.2, -0.15) is 0 Å². The van der Waals surface area contributed by atoms with Crippen molar-refractivity contribution < 1.29 is 32.2 Å². The number of anilines is 2. The number of esters is 1. The van der Waals surface area contributed by atoms with Crippen LogP contribution in [-0.2, 0) is 4.74 Å². The molecule has 1 atom stereocenters. The molecule has 0 aromatic heterocycles. The van der Waals surface area contributed by atoms with Crippen molar-refractivity contribution in [1.82, 2.24) is 4.90 Å². The molecule has 1 spiro atoms. The van der Waals surface area contributed by atoms with Gasteiger partial charge in [0.25, 0.3) is 5.91 Å². The first kappa shape index (κ1) is 26.8. The lowest BCUT2D eigenvalue weighted by atomic mass is 9.88. The van der Waals surface area contributed by atoms with Crippen molar-refractivity contribution in [3.63, 3.8) is 0 Å². The third-order valence-electron chi connectivity index (χ3n) is 6.92. The number of hydrogen-bond donors (Lipinski definition) is 1. The molecule has 1 fully saturated rings. The standard InChI is InChI=1S/C28H25ClF3N3O4/c1-3-38-26(37)18-8-13-22-24(14-18)33-27(15-34(16-27)17(2)21-6-4-5-7-23(21)29)35(25(22)36)19-9-11-20(12-10-19)39-28(30,31)32/h4-14,17,33H,3,15-16H2,1-2H3. The molecule has 3 aromatic carbocycles. The predicted molar refractivity (Wildman–Crippen MR) is 140 cm³/mol. The fraction of sp³-hybridized carbons (Fsp3) is 0.286. The second-order valence-electron chi connectivity index (χ2n) is 9.42. The van der Waals surface area contributed by atoms with E-state index in [4.69, 9.17) is 16.3 Å². The highest BCUT2D eigenvalue weighted by Gasteiger charge is 2.54. The van der Waals surface area contributed by atoms with E-state index in [1.165, 1.54) is 30.3 Å². The van der Waals surface area contributed by atoms with Crippen LogP contribution in [-0.4, -0.2) is 48.5 Å². The summed E-state index contributed by atoms with van der Waals surface area (Å²) >= 11 is 6.43. The molecule has 0 aliphatic carbocycles. The van der Waals surface area contributed by atoms with E-state index < -0.39 is 18.0 Å². The Hall–Kier alpha value is -3.76. The van der Waals surface area contributed by atoms with Gasteiger partial charge in [0.05, 0.1) is 17.7 Å². The van der Waals surface area contributed by atoms with Gasteiger partial charge >= 0.3 is 12.3 Å². The van der Waals surface area contributed by atoms with Crippen molar-refractivity contribution in [3.8, 4) is 5.75 Å². The fourth-order valence-corrected chi connectivity index (χ4v) is 5.38. The van der Waals surface area contributed by atoms with Crippen molar-refractivity contribution in [2.24, 2.45) is 0 Å².